The summed E-state index contributed by atoms with van der Waals surface area (Å²) in [5, 5.41) is 82.7. The van der Waals surface area contributed by atoms with E-state index in [0.29, 0.717) is 11.1 Å². The lowest BCUT2D eigenvalue weighted by atomic mass is 9.76. The fraction of sp³-hybridized carbons (Fsp3) is 0.538. The minimum atomic E-state index is -2.15. The molecule has 0 aromatic heterocycles. The number of methoxy groups -OCH3 is 2. The number of aliphatic hydroxyl groups is 7. The number of aromatic hydroxyl groups is 1. The van der Waals surface area contributed by atoms with Crippen LogP contribution in [0.25, 0.3) is 0 Å². The topological polar surface area (TPSA) is 208 Å². The second-order valence-electron chi connectivity index (χ2n) is 9.71. The first-order chi connectivity index (χ1) is 18.5. The van der Waals surface area contributed by atoms with Gasteiger partial charge < -0.3 is 64.5 Å². The second-order valence-corrected chi connectivity index (χ2v) is 9.71. The lowest BCUT2D eigenvalue weighted by molar-refractivity contribution is -0.277. The minimum absolute atomic E-state index is 0.0579. The Labute approximate surface area is 224 Å². The van der Waals surface area contributed by atoms with Crippen molar-refractivity contribution in [2.75, 3.05) is 34.0 Å². The van der Waals surface area contributed by atoms with Crippen molar-refractivity contribution in [1.29, 1.82) is 0 Å². The first-order valence-corrected chi connectivity index (χ1v) is 12.2. The van der Waals surface area contributed by atoms with Crippen LogP contribution in [0.2, 0.25) is 0 Å². The highest BCUT2D eigenvalue weighted by Gasteiger charge is 2.60. The Morgan fingerprint density at radius 1 is 0.897 bits per heavy atom. The van der Waals surface area contributed by atoms with Gasteiger partial charge in [0.05, 0.1) is 34.0 Å². The Morgan fingerprint density at radius 3 is 2.26 bits per heavy atom. The predicted molar refractivity (Wildman–Crippen MR) is 131 cm³/mol. The summed E-state index contributed by atoms with van der Waals surface area (Å²) in [5.74, 6) is 0.248. The van der Waals surface area contributed by atoms with E-state index in [4.69, 9.17) is 23.7 Å². The zero-order valence-corrected chi connectivity index (χ0v) is 21.4. The van der Waals surface area contributed by atoms with Gasteiger partial charge in [-0.05, 0) is 35.4 Å². The third-order valence-corrected chi connectivity index (χ3v) is 7.29. The van der Waals surface area contributed by atoms with Crippen LogP contribution in [-0.4, -0.2) is 117 Å². The molecular formula is C26H34O13. The van der Waals surface area contributed by atoms with Gasteiger partial charge in [0.15, 0.2) is 23.0 Å². The van der Waals surface area contributed by atoms with Gasteiger partial charge in [-0.15, -0.1) is 0 Å². The molecule has 2 aliphatic heterocycles. The van der Waals surface area contributed by atoms with Gasteiger partial charge in [-0.3, -0.25) is 0 Å². The molecule has 0 saturated carbocycles. The molecule has 216 valence electrons. The Hall–Kier alpha value is -2.72. The van der Waals surface area contributed by atoms with Gasteiger partial charge in [-0.2, -0.15) is 0 Å². The molecule has 2 aromatic rings. The molecule has 0 amide bonds. The molecule has 2 aromatic carbocycles. The van der Waals surface area contributed by atoms with Crippen LogP contribution in [0.5, 0.6) is 23.0 Å². The van der Waals surface area contributed by atoms with Gasteiger partial charge in [0.25, 0.3) is 0 Å². The zero-order valence-electron chi connectivity index (χ0n) is 21.4. The summed E-state index contributed by atoms with van der Waals surface area (Å²) in [7, 11) is 2.71. The van der Waals surface area contributed by atoms with Gasteiger partial charge >= 0.3 is 0 Å². The second kappa shape index (κ2) is 11.4. The lowest BCUT2D eigenvalue weighted by Crippen LogP contribution is -2.60. The van der Waals surface area contributed by atoms with Crippen LogP contribution in [0.1, 0.15) is 17.2 Å². The Bertz CT molecular complexity index is 1140. The van der Waals surface area contributed by atoms with Crippen molar-refractivity contribution >= 4 is 0 Å². The van der Waals surface area contributed by atoms with Gasteiger partial charge in [0.2, 0.25) is 6.29 Å². The van der Waals surface area contributed by atoms with E-state index in [9.17, 15) is 40.9 Å². The van der Waals surface area contributed by atoms with Crippen molar-refractivity contribution < 1.29 is 64.5 Å². The maximum absolute atomic E-state index is 11.5. The molecule has 2 saturated heterocycles. The highest BCUT2D eigenvalue weighted by Crippen LogP contribution is 2.47. The zero-order chi connectivity index (χ0) is 28.5. The third-order valence-electron chi connectivity index (χ3n) is 7.29. The van der Waals surface area contributed by atoms with Crippen LogP contribution in [-0.2, 0) is 15.9 Å². The normalized spacial score (nSPS) is 34.6. The van der Waals surface area contributed by atoms with Crippen LogP contribution < -0.4 is 14.2 Å². The molecule has 8 N–H and O–H groups in total. The molecular weight excluding hydrogens is 520 g/mol. The summed E-state index contributed by atoms with van der Waals surface area (Å²) in [6.07, 6.45) is -8.77. The van der Waals surface area contributed by atoms with E-state index in [2.05, 4.69) is 0 Å². The van der Waals surface area contributed by atoms with Crippen molar-refractivity contribution in [3.63, 3.8) is 0 Å². The molecule has 2 fully saturated rings. The maximum Gasteiger partial charge on any atom is 0.229 e. The molecule has 0 spiro atoms. The number of phenols is 1. The van der Waals surface area contributed by atoms with E-state index in [-0.39, 0.29) is 36.0 Å². The summed E-state index contributed by atoms with van der Waals surface area (Å²) in [4.78, 5) is 0. The summed E-state index contributed by atoms with van der Waals surface area (Å²) >= 11 is 0. The molecule has 13 heteroatoms. The average Bonchev–Trinajstić information content (AvgIpc) is 3.20. The Kier molecular flexibility index (Phi) is 8.56. The number of ether oxygens (including phenoxy) is 5. The van der Waals surface area contributed by atoms with Crippen molar-refractivity contribution in [2.24, 2.45) is 0 Å². The summed E-state index contributed by atoms with van der Waals surface area (Å²) in [6, 6.07) is 8.80. The lowest BCUT2D eigenvalue weighted by Gasteiger charge is -2.39. The van der Waals surface area contributed by atoms with Crippen LogP contribution >= 0.6 is 0 Å². The average molecular weight is 555 g/mol. The van der Waals surface area contributed by atoms with Crippen molar-refractivity contribution in [3.05, 3.63) is 47.5 Å². The van der Waals surface area contributed by atoms with Gasteiger partial charge in [0, 0.05) is 6.42 Å². The number of hydrogen-bond donors (Lipinski definition) is 8. The maximum atomic E-state index is 11.5. The number of benzene rings is 2. The van der Waals surface area contributed by atoms with Crippen LogP contribution in [0.4, 0.5) is 0 Å². The Morgan fingerprint density at radius 2 is 1.62 bits per heavy atom. The van der Waals surface area contributed by atoms with Gasteiger partial charge in [0.1, 0.15) is 41.7 Å². The van der Waals surface area contributed by atoms with E-state index in [0.717, 1.165) is 0 Å². The highest BCUT2D eigenvalue weighted by molar-refractivity contribution is 5.46. The molecule has 8 unspecified atom stereocenters. The highest BCUT2D eigenvalue weighted by atomic mass is 16.7. The fourth-order valence-corrected chi connectivity index (χ4v) is 4.94. The molecule has 4 rings (SSSR count). The SMILES string of the molecule is COc1cc(CC2(O)COC(c3ccc(OC4OC(CO)C(O)C(O)C4O)c(OC)c3)C2(O)CO)ccc1O. The predicted octanol–water partition coefficient (Wildman–Crippen LogP) is -1.64. The molecule has 2 heterocycles. The van der Waals surface area contributed by atoms with E-state index in [1.54, 1.807) is 6.07 Å². The molecule has 8 atom stereocenters. The minimum Gasteiger partial charge on any atom is -0.504 e. The molecule has 0 aliphatic carbocycles. The third kappa shape index (κ3) is 5.25. The van der Waals surface area contributed by atoms with Crippen molar-refractivity contribution in [3.8, 4) is 23.0 Å². The van der Waals surface area contributed by atoms with E-state index < -0.39 is 61.2 Å². The van der Waals surface area contributed by atoms with Crippen LogP contribution in [0.15, 0.2) is 36.4 Å². The molecule has 0 bridgehead atoms. The monoisotopic (exact) mass is 554 g/mol. The quantitative estimate of drug-likeness (QED) is 0.175. The molecule has 39 heavy (non-hydrogen) atoms. The van der Waals surface area contributed by atoms with Gasteiger partial charge in [-0.25, -0.2) is 0 Å². The van der Waals surface area contributed by atoms with E-state index in [1.807, 2.05) is 0 Å². The number of aliphatic hydroxyl groups excluding tert-OH is 5. The van der Waals surface area contributed by atoms with Crippen LogP contribution in [0, 0.1) is 0 Å². The van der Waals surface area contributed by atoms with E-state index in [1.165, 1.54) is 44.6 Å². The first kappa shape index (κ1) is 29.3. The first-order valence-electron chi connectivity index (χ1n) is 12.2. The smallest absolute Gasteiger partial charge is 0.229 e. The number of phenolic OH excluding ortho intramolecular Hbond substituents is 1. The largest absolute Gasteiger partial charge is 0.504 e. The molecule has 2 aliphatic rings. The van der Waals surface area contributed by atoms with E-state index >= 15 is 0 Å². The van der Waals surface area contributed by atoms with Crippen LogP contribution in [0.3, 0.4) is 0 Å². The van der Waals surface area contributed by atoms with Crippen molar-refractivity contribution in [1.82, 2.24) is 0 Å². The number of rotatable bonds is 9. The standard InChI is InChI=1S/C26H34O13/c1-35-17-7-13(3-5-15(17)29)9-25(33)12-37-23(26(25,34)11-28)14-4-6-16(18(8-14)36-2)38-24-22(32)21(31)20(30)19(10-27)39-24/h3-8,19-24,27-34H,9-12H2,1-2H3. The summed E-state index contributed by atoms with van der Waals surface area (Å²) < 4.78 is 27.3. The Balaban J connectivity index is 1.58. The number of hydrogen-bond acceptors (Lipinski definition) is 13. The summed E-state index contributed by atoms with van der Waals surface area (Å²) in [6.45, 7) is -1.81. The summed E-state index contributed by atoms with van der Waals surface area (Å²) in [5.41, 5.74) is -3.23. The fourth-order valence-electron chi connectivity index (χ4n) is 4.94. The van der Waals surface area contributed by atoms with Gasteiger partial charge in [-0.1, -0.05) is 12.1 Å². The molecule has 13 nitrogen and oxygen atoms in total. The molecule has 0 radical (unpaired) electrons. The van der Waals surface area contributed by atoms with Crippen molar-refractivity contribution in [2.45, 2.75) is 54.4 Å².